The first-order valence-corrected chi connectivity index (χ1v) is 8.18. The van der Waals surface area contributed by atoms with Crippen LogP contribution in [0.15, 0.2) is 36.7 Å². The first-order chi connectivity index (χ1) is 11.5. The molecule has 1 N–H and O–H groups in total. The van der Waals surface area contributed by atoms with E-state index in [1.165, 1.54) is 12.5 Å². The molecular weight excluding hydrogens is 304 g/mol. The van der Waals surface area contributed by atoms with Crippen LogP contribution >= 0.6 is 0 Å². The van der Waals surface area contributed by atoms with Gasteiger partial charge in [-0.25, -0.2) is 0 Å². The van der Waals surface area contributed by atoms with Gasteiger partial charge in [0.15, 0.2) is 0 Å². The van der Waals surface area contributed by atoms with E-state index < -0.39 is 0 Å². The van der Waals surface area contributed by atoms with Crippen molar-refractivity contribution in [2.24, 2.45) is 7.05 Å². The molecule has 6 nitrogen and oxygen atoms in total. The number of nitrogens with one attached hydrogen (secondary N) is 1. The van der Waals surface area contributed by atoms with Gasteiger partial charge in [-0.1, -0.05) is 0 Å². The molecule has 3 rings (SSSR count). The largest absolute Gasteiger partial charge is 0.338 e. The van der Waals surface area contributed by atoms with Crippen molar-refractivity contribution in [3.63, 3.8) is 0 Å². The zero-order valence-corrected chi connectivity index (χ0v) is 14.0. The van der Waals surface area contributed by atoms with Gasteiger partial charge in [0, 0.05) is 50.4 Å². The third-order valence-electron chi connectivity index (χ3n) is 4.36. The first kappa shape index (κ1) is 16.2. The predicted octanol–water partition coefficient (Wildman–Crippen LogP) is 2.40. The van der Waals surface area contributed by atoms with Gasteiger partial charge in [-0.2, -0.15) is 5.10 Å². The van der Waals surface area contributed by atoms with Crippen LogP contribution in [0, 0.1) is 0 Å². The minimum atomic E-state index is -0.121. The molecule has 1 atom stereocenters. The smallest absolute Gasteiger partial charge is 0.253 e. The molecule has 24 heavy (non-hydrogen) atoms. The maximum Gasteiger partial charge on any atom is 0.253 e. The predicted molar refractivity (Wildman–Crippen MR) is 91.8 cm³/mol. The highest BCUT2D eigenvalue weighted by Gasteiger charge is 2.26. The molecular formula is C18H22N4O2. The number of anilines is 1. The van der Waals surface area contributed by atoms with Crippen molar-refractivity contribution in [3.05, 3.63) is 47.8 Å². The van der Waals surface area contributed by atoms with Crippen LogP contribution in [-0.2, 0) is 11.8 Å². The molecule has 1 aliphatic heterocycles. The van der Waals surface area contributed by atoms with Crippen LogP contribution in [0.2, 0.25) is 0 Å². The topological polar surface area (TPSA) is 67.2 Å². The van der Waals surface area contributed by atoms with Crippen molar-refractivity contribution in [3.8, 4) is 0 Å². The zero-order chi connectivity index (χ0) is 17.1. The van der Waals surface area contributed by atoms with E-state index in [1.807, 2.05) is 24.3 Å². The summed E-state index contributed by atoms with van der Waals surface area (Å²) in [6.45, 7) is 2.96. The lowest BCUT2D eigenvalue weighted by molar-refractivity contribution is -0.114. The Labute approximate surface area is 141 Å². The third kappa shape index (κ3) is 3.64. The van der Waals surface area contributed by atoms with Gasteiger partial charge >= 0.3 is 0 Å². The fourth-order valence-electron chi connectivity index (χ4n) is 3.17. The standard InChI is InChI=1S/C18H22N4O2/c1-13(23)20-17-7-5-14(6-8-17)18(24)22-9-3-4-15(12-22)16-10-19-21(2)11-16/h5-8,10-11,15H,3-4,9,12H2,1-2H3,(H,20,23). The minimum absolute atomic E-state index is 0.0398. The second-order valence-electron chi connectivity index (χ2n) is 6.30. The maximum atomic E-state index is 12.7. The second-order valence-corrected chi connectivity index (χ2v) is 6.30. The molecule has 126 valence electrons. The SMILES string of the molecule is CC(=O)Nc1ccc(C(=O)N2CCCC(c3cnn(C)c3)C2)cc1. The maximum absolute atomic E-state index is 12.7. The molecule has 1 fully saturated rings. The van der Waals surface area contributed by atoms with Crippen molar-refractivity contribution < 1.29 is 9.59 Å². The van der Waals surface area contributed by atoms with E-state index in [0.29, 0.717) is 17.2 Å². The van der Waals surface area contributed by atoms with Gasteiger partial charge < -0.3 is 10.2 Å². The third-order valence-corrected chi connectivity index (χ3v) is 4.36. The Morgan fingerprint density at radius 3 is 2.62 bits per heavy atom. The van der Waals surface area contributed by atoms with E-state index in [0.717, 1.165) is 25.9 Å². The number of aryl methyl sites for hydroxylation is 1. The van der Waals surface area contributed by atoms with Gasteiger partial charge in [-0.3, -0.25) is 14.3 Å². The number of benzene rings is 1. The van der Waals surface area contributed by atoms with Crippen LogP contribution < -0.4 is 5.32 Å². The van der Waals surface area contributed by atoms with Crippen molar-refractivity contribution in [1.82, 2.24) is 14.7 Å². The van der Waals surface area contributed by atoms with E-state index in [4.69, 9.17) is 0 Å². The van der Waals surface area contributed by atoms with Crippen LogP contribution in [0.4, 0.5) is 5.69 Å². The summed E-state index contributed by atoms with van der Waals surface area (Å²) >= 11 is 0. The van der Waals surface area contributed by atoms with Crippen LogP contribution in [0.25, 0.3) is 0 Å². The van der Waals surface area contributed by atoms with Crippen LogP contribution in [-0.4, -0.2) is 39.6 Å². The van der Waals surface area contributed by atoms with Crippen LogP contribution in [0.3, 0.4) is 0 Å². The Morgan fingerprint density at radius 2 is 2.00 bits per heavy atom. The lowest BCUT2D eigenvalue weighted by Gasteiger charge is -2.32. The minimum Gasteiger partial charge on any atom is -0.338 e. The highest BCUT2D eigenvalue weighted by molar-refractivity contribution is 5.95. The Bertz CT molecular complexity index is 736. The number of amides is 2. The summed E-state index contributed by atoms with van der Waals surface area (Å²) in [5, 5.41) is 6.94. The molecule has 0 saturated carbocycles. The number of hydrogen-bond donors (Lipinski definition) is 1. The Hall–Kier alpha value is -2.63. The summed E-state index contributed by atoms with van der Waals surface area (Å²) in [7, 11) is 1.91. The number of rotatable bonds is 3. The molecule has 2 amide bonds. The summed E-state index contributed by atoms with van der Waals surface area (Å²) in [5.41, 5.74) is 2.54. The van der Waals surface area contributed by atoms with Crippen molar-refractivity contribution in [2.75, 3.05) is 18.4 Å². The zero-order valence-electron chi connectivity index (χ0n) is 14.0. The fourth-order valence-corrected chi connectivity index (χ4v) is 3.17. The van der Waals surface area contributed by atoms with Gasteiger partial charge in [-0.05, 0) is 42.7 Å². The number of nitrogens with zero attached hydrogens (tertiary/aromatic N) is 3. The average molecular weight is 326 g/mol. The number of likely N-dealkylation sites (tertiary alicyclic amines) is 1. The molecule has 1 aromatic heterocycles. The monoisotopic (exact) mass is 326 g/mol. The Balaban J connectivity index is 1.68. The molecule has 1 aromatic carbocycles. The van der Waals surface area contributed by atoms with E-state index in [2.05, 4.69) is 10.4 Å². The molecule has 1 saturated heterocycles. The average Bonchev–Trinajstić information content (AvgIpc) is 3.01. The van der Waals surface area contributed by atoms with Crippen molar-refractivity contribution in [2.45, 2.75) is 25.7 Å². The molecule has 2 aromatic rings. The van der Waals surface area contributed by atoms with Gasteiger partial charge in [0.25, 0.3) is 5.91 Å². The Kier molecular flexibility index (Phi) is 4.64. The number of carbonyl (C=O) groups is 2. The molecule has 1 unspecified atom stereocenters. The molecule has 2 heterocycles. The normalized spacial score (nSPS) is 17.6. The van der Waals surface area contributed by atoms with Crippen molar-refractivity contribution >= 4 is 17.5 Å². The number of carbonyl (C=O) groups excluding carboxylic acids is 2. The van der Waals surface area contributed by atoms with Crippen LogP contribution in [0.5, 0.6) is 0 Å². The Morgan fingerprint density at radius 1 is 1.25 bits per heavy atom. The van der Waals surface area contributed by atoms with Gasteiger partial charge in [0.2, 0.25) is 5.91 Å². The van der Waals surface area contributed by atoms with E-state index >= 15 is 0 Å². The second kappa shape index (κ2) is 6.86. The summed E-state index contributed by atoms with van der Waals surface area (Å²) in [4.78, 5) is 25.7. The lowest BCUT2D eigenvalue weighted by Crippen LogP contribution is -2.39. The molecule has 0 bridgehead atoms. The fraction of sp³-hybridized carbons (Fsp3) is 0.389. The highest BCUT2D eigenvalue weighted by atomic mass is 16.2. The summed E-state index contributed by atoms with van der Waals surface area (Å²) < 4.78 is 1.80. The molecule has 0 aliphatic carbocycles. The molecule has 6 heteroatoms. The quantitative estimate of drug-likeness (QED) is 0.942. The summed E-state index contributed by atoms with van der Waals surface area (Å²) in [6.07, 6.45) is 5.99. The van der Waals surface area contributed by atoms with Crippen molar-refractivity contribution in [1.29, 1.82) is 0 Å². The van der Waals surface area contributed by atoms with E-state index in [1.54, 1.807) is 28.9 Å². The molecule has 1 aliphatic rings. The van der Waals surface area contributed by atoms with E-state index in [-0.39, 0.29) is 11.8 Å². The number of piperidine rings is 1. The number of aromatic nitrogens is 2. The van der Waals surface area contributed by atoms with E-state index in [9.17, 15) is 9.59 Å². The molecule has 0 spiro atoms. The lowest BCUT2D eigenvalue weighted by atomic mass is 9.92. The summed E-state index contributed by atoms with van der Waals surface area (Å²) in [5.74, 6) is 0.262. The van der Waals surface area contributed by atoms with Gasteiger partial charge in [-0.15, -0.1) is 0 Å². The van der Waals surface area contributed by atoms with Gasteiger partial charge in [0.1, 0.15) is 0 Å². The molecule has 0 radical (unpaired) electrons. The van der Waals surface area contributed by atoms with Gasteiger partial charge in [0.05, 0.1) is 6.20 Å². The highest BCUT2D eigenvalue weighted by Crippen LogP contribution is 2.27. The van der Waals surface area contributed by atoms with Crippen LogP contribution in [0.1, 0.15) is 41.6 Å². The summed E-state index contributed by atoms with van der Waals surface area (Å²) in [6, 6.07) is 7.05. The first-order valence-electron chi connectivity index (χ1n) is 8.18. The number of hydrogen-bond acceptors (Lipinski definition) is 3.